The standard InChI is InChI=1S/C29H41N7O/c1-20-15-26(23-16-30-33(4)27(23)31-20)34-12-5-25-24(18-34)22(3)32-36(25)19-28-6-9-29(10-7-28,11-8-28)35-13-14-37-21(2)17-35/h15-16,21H,5-14,17-19H2,1-4H3/t21-,28?,29?/m0/s1. The second kappa shape index (κ2) is 8.53. The molecule has 0 spiro atoms. The molecule has 0 N–H and O–H groups in total. The van der Waals surface area contributed by atoms with Crippen LogP contribution >= 0.6 is 0 Å². The minimum Gasteiger partial charge on any atom is -0.376 e. The summed E-state index contributed by atoms with van der Waals surface area (Å²) in [5.74, 6) is 0. The fraction of sp³-hybridized carbons (Fsp3) is 0.690. The van der Waals surface area contributed by atoms with Crippen LogP contribution in [0, 0.1) is 19.3 Å². The molecule has 3 aromatic rings. The van der Waals surface area contributed by atoms with Gasteiger partial charge in [-0.05, 0) is 70.8 Å². The zero-order chi connectivity index (χ0) is 25.4. The highest BCUT2D eigenvalue weighted by molar-refractivity contribution is 5.89. The number of rotatable bonds is 4. The van der Waals surface area contributed by atoms with Crippen LogP contribution in [0.4, 0.5) is 5.69 Å². The first-order valence-electron chi connectivity index (χ1n) is 14.3. The number of aryl methyl sites for hydroxylation is 3. The van der Waals surface area contributed by atoms with Crippen molar-refractivity contribution in [3.05, 3.63) is 34.9 Å². The summed E-state index contributed by atoms with van der Waals surface area (Å²) in [6.45, 7) is 12.7. The van der Waals surface area contributed by atoms with Gasteiger partial charge in [0, 0.05) is 68.7 Å². The van der Waals surface area contributed by atoms with Crippen LogP contribution in [0.3, 0.4) is 0 Å². The van der Waals surface area contributed by atoms with Gasteiger partial charge in [-0.1, -0.05) is 0 Å². The summed E-state index contributed by atoms with van der Waals surface area (Å²) in [6, 6.07) is 2.22. The molecule has 8 nitrogen and oxygen atoms in total. The molecule has 0 radical (unpaired) electrons. The first-order valence-corrected chi connectivity index (χ1v) is 14.3. The third-order valence-corrected chi connectivity index (χ3v) is 10.2. The van der Waals surface area contributed by atoms with E-state index >= 15 is 0 Å². The van der Waals surface area contributed by atoms with E-state index in [2.05, 4.69) is 46.4 Å². The van der Waals surface area contributed by atoms with Gasteiger partial charge in [-0.3, -0.25) is 14.3 Å². The second-order valence-electron chi connectivity index (χ2n) is 12.5. The van der Waals surface area contributed by atoms with Crippen molar-refractivity contribution in [3.8, 4) is 0 Å². The lowest BCUT2D eigenvalue weighted by atomic mass is 9.56. The lowest BCUT2D eigenvalue weighted by Gasteiger charge is -2.59. The number of ether oxygens (including phenoxy) is 1. The Morgan fingerprint density at radius 2 is 1.86 bits per heavy atom. The molecule has 2 bridgehead atoms. The maximum Gasteiger partial charge on any atom is 0.159 e. The number of hydrogen-bond donors (Lipinski definition) is 0. The zero-order valence-electron chi connectivity index (χ0n) is 23.0. The van der Waals surface area contributed by atoms with Crippen molar-refractivity contribution in [1.29, 1.82) is 0 Å². The highest BCUT2D eigenvalue weighted by Crippen LogP contribution is 2.55. The van der Waals surface area contributed by atoms with Crippen molar-refractivity contribution >= 4 is 16.7 Å². The van der Waals surface area contributed by atoms with E-state index in [1.54, 1.807) is 0 Å². The van der Waals surface area contributed by atoms with E-state index in [4.69, 9.17) is 14.8 Å². The number of aromatic nitrogens is 5. The van der Waals surface area contributed by atoms with Gasteiger partial charge in [-0.2, -0.15) is 10.2 Å². The van der Waals surface area contributed by atoms with Crippen LogP contribution in [0.25, 0.3) is 11.0 Å². The lowest BCUT2D eigenvalue weighted by Crippen LogP contribution is -2.61. The SMILES string of the molecule is Cc1cc(N2CCc3c(c(C)nn3CC34CCC(N5CCO[C@@H](C)C5)(CC3)CC4)C2)c2cnn(C)c2n1. The predicted molar refractivity (Wildman–Crippen MR) is 145 cm³/mol. The molecule has 1 saturated heterocycles. The number of morpholine rings is 1. The molecule has 2 aliphatic heterocycles. The average Bonchev–Trinajstić information content (AvgIpc) is 3.43. The van der Waals surface area contributed by atoms with Crippen LogP contribution < -0.4 is 4.90 Å². The summed E-state index contributed by atoms with van der Waals surface area (Å²) < 4.78 is 10.2. The highest BCUT2D eigenvalue weighted by atomic mass is 16.5. The molecule has 5 aliphatic rings. The molecular formula is C29H41N7O. The number of hydrogen-bond acceptors (Lipinski definition) is 6. The lowest BCUT2D eigenvalue weighted by molar-refractivity contribution is -0.115. The summed E-state index contributed by atoms with van der Waals surface area (Å²) in [6.07, 6.45) is 11.4. The molecule has 198 valence electrons. The normalized spacial score (nSPS) is 30.3. The molecule has 8 rings (SSSR count). The third-order valence-electron chi connectivity index (χ3n) is 10.2. The van der Waals surface area contributed by atoms with Crippen molar-refractivity contribution in [2.75, 3.05) is 31.1 Å². The Morgan fingerprint density at radius 3 is 2.62 bits per heavy atom. The summed E-state index contributed by atoms with van der Waals surface area (Å²) in [7, 11) is 1.97. The number of anilines is 1. The Balaban J connectivity index is 1.10. The van der Waals surface area contributed by atoms with Gasteiger partial charge in [0.2, 0.25) is 0 Å². The molecule has 5 heterocycles. The number of nitrogens with zero attached hydrogens (tertiary/aromatic N) is 7. The minimum atomic E-state index is 0.375. The molecule has 0 aromatic carbocycles. The number of fused-ring (bicyclic) bond motifs is 5. The van der Waals surface area contributed by atoms with Gasteiger partial charge in [-0.25, -0.2) is 4.98 Å². The molecule has 1 atom stereocenters. The van der Waals surface area contributed by atoms with Gasteiger partial charge in [0.1, 0.15) is 0 Å². The predicted octanol–water partition coefficient (Wildman–Crippen LogP) is 4.16. The average molecular weight is 504 g/mol. The van der Waals surface area contributed by atoms with Gasteiger partial charge < -0.3 is 9.64 Å². The summed E-state index contributed by atoms with van der Waals surface area (Å²) >= 11 is 0. The Hall–Kier alpha value is -2.45. The van der Waals surface area contributed by atoms with E-state index in [9.17, 15) is 0 Å². The van der Waals surface area contributed by atoms with Crippen LogP contribution in [0.15, 0.2) is 12.3 Å². The Labute approximate surface area is 220 Å². The van der Waals surface area contributed by atoms with Crippen LogP contribution in [-0.4, -0.2) is 67.3 Å². The van der Waals surface area contributed by atoms with Crippen molar-refractivity contribution in [1.82, 2.24) is 29.4 Å². The molecule has 3 aliphatic carbocycles. The molecule has 3 saturated carbocycles. The topological polar surface area (TPSA) is 64.2 Å². The molecule has 4 fully saturated rings. The van der Waals surface area contributed by atoms with Crippen LogP contribution in [0.1, 0.15) is 68.1 Å². The van der Waals surface area contributed by atoms with Crippen LogP contribution in [0.5, 0.6) is 0 Å². The second-order valence-corrected chi connectivity index (χ2v) is 12.5. The van der Waals surface area contributed by atoms with Crippen molar-refractivity contribution < 1.29 is 4.74 Å². The monoisotopic (exact) mass is 503 g/mol. The minimum absolute atomic E-state index is 0.375. The van der Waals surface area contributed by atoms with Gasteiger partial charge in [0.15, 0.2) is 5.65 Å². The van der Waals surface area contributed by atoms with E-state index in [-0.39, 0.29) is 0 Å². The fourth-order valence-electron chi connectivity index (χ4n) is 8.00. The summed E-state index contributed by atoms with van der Waals surface area (Å²) in [5.41, 5.74) is 8.21. The maximum atomic E-state index is 5.85. The van der Waals surface area contributed by atoms with E-state index in [0.717, 1.165) is 62.5 Å². The van der Waals surface area contributed by atoms with E-state index < -0.39 is 0 Å². The van der Waals surface area contributed by atoms with E-state index in [0.29, 0.717) is 17.1 Å². The Morgan fingerprint density at radius 1 is 1.08 bits per heavy atom. The first kappa shape index (κ1) is 23.7. The van der Waals surface area contributed by atoms with Crippen LogP contribution in [-0.2, 0) is 31.3 Å². The summed E-state index contributed by atoms with van der Waals surface area (Å²) in [4.78, 5) is 10.0. The van der Waals surface area contributed by atoms with Gasteiger partial charge in [-0.15, -0.1) is 0 Å². The first-order chi connectivity index (χ1) is 17.8. The molecule has 0 unspecified atom stereocenters. The smallest absolute Gasteiger partial charge is 0.159 e. The van der Waals surface area contributed by atoms with Gasteiger partial charge >= 0.3 is 0 Å². The van der Waals surface area contributed by atoms with Gasteiger partial charge in [0.05, 0.1) is 35.7 Å². The highest BCUT2D eigenvalue weighted by Gasteiger charge is 2.52. The Bertz CT molecular complexity index is 1320. The number of pyridine rings is 1. The molecule has 3 aromatic heterocycles. The maximum absolute atomic E-state index is 5.85. The van der Waals surface area contributed by atoms with E-state index in [1.165, 1.54) is 61.2 Å². The largest absolute Gasteiger partial charge is 0.376 e. The van der Waals surface area contributed by atoms with E-state index in [1.807, 2.05) is 17.9 Å². The molecule has 8 heteroatoms. The van der Waals surface area contributed by atoms with Crippen molar-refractivity contribution in [3.63, 3.8) is 0 Å². The molecular weight excluding hydrogens is 462 g/mol. The van der Waals surface area contributed by atoms with Crippen LogP contribution in [0.2, 0.25) is 0 Å². The third kappa shape index (κ3) is 3.82. The quantitative estimate of drug-likeness (QED) is 0.533. The molecule has 0 amide bonds. The van der Waals surface area contributed by atoms with Crippen molar-refractivity contribution in [2.45, 2.75) is 90.4 Å². The zero-order valence-corrected chi connectivity index (χ0v) is 23.0. The fourth-order valence-corrected chi connectivity index (χ4v) is 8.00. The summed E-state index contributed by atoms with van der Waals surface area (Å²) in [5, 5.41) is 10.8. The van der Waals surface area contributed by atoms with Gasteiger partial charge in [0.25, 0.3) is 0 Å². The molecule has 37 heavy (non-hydrogen) atoms. The Kier molecular flexibility index (Phi) is 5.45. The van der Waals surface area contributed by atoms with Crippen molar-refractivity contribution in [2.24, 2.45) is 12.5 Å².